The normalized spacial score (nSPS) is 22.0. The van der Waals surface area contributed by atoms with Gasteiger partial charge in [0, 0.05) is 30.4 Å². The molecule has 2 aliphatic rings. The Bertz CT molecular complexity index is 774. The van der Waals surface area contributed by atoms with E-state index in [1.807, 2.05) is 36.2 Å². The van der Waals surface area contributed by atoms with E-state index in [1.54, 1.807) is 18.6 Å². The van der Waals surface area contributed by atoms with E-state index in [1.165, 1.54) is 0 Å². The van der Waals surface area contributed by atoms with Crippen LogP contribution in [0.2, 0.25) is 5.02 Å². The molecule has 5 nitrogen and oxygen atoms in total. The molecule has 1 spiro atoms. The molecule has 6 heteroatoms. The number of hydrogen-bond acceptors (Lipinski definition) is 4. The van der Waals surface area contributed by atoms with Crippen molar-refractivity contribution in [2.45, 2.75) is 25.3 Å². The standard InChI is InChI=1S/C20H23ClN4O/c1-25(19(26)16-12-20(16)6-8-22-9-7-20)18(17-13-23-10-11-24-17)14-2-4-15(21)5-3-14/h2-5,10-11,13,16,18,22H,6-9,12H2,1H3. The number of halogens is 1. The molecule has 2 unspecified atom stereocenters. The highest BCUT2D eigenvalue weighted by Gasteiger charge is 2.58. The lowest BCUT2D eigenvalue weighted by atomic mass is 9.91. The number of nitrogens with zero attached hydrogens (tertiary/aromatic N) is 3. The summed E-state index contributed by atoms with van der Waals surface area (Å²) in [7, 11) is 1.88. The van der Waals surface area contributed by atoms with Gasteiger partial charge >= 0.3 is 0 Å². The summed E-state index contributed by atoms with van der Waals surface area (Å²) in [6.07, 6.45) is 8.24. The van der Waals surface area contributed by atoms with Crippen LogP contribution in [0.15, 0.2) is 42.9 Å². The zero-order valence-corrected chi connectivity index (χ0v) is 15.6. The van der Waals surface area contributed by atoms with Gasteiger partial charge in [0.2, 0.25) is 5.91 Å². The number of benzene rings is 1. The van der Waals surface area contributed by atoms with Crippen LogP contribution >= 0.6 is 11.6 Å². The number of carbonyl (C=O) groups excluding carboxylic acids is 1. The molecule has 1 aromatic carbocycles. The van der Waals surface area contributed by atoms with Gasteiger partial charge in [-0.15, -0.1) is 0 Å². The van der Waals surface area contributed by atoms with Gasteiger partial charge in [-0.25, -0.2) is 0 Å². The number of piperidine rings is 1. The van der Waals surface area contributed by atoms with Gasteiger partial charge in [-0.3, -0.25) is 14.8 Å². The number of rotatable bonds is 4. The molecule has 2 fully saturated rings. The van der Waals surface area contributed by atoms with Crippen LogP contribution in [0.4, 0.5) is 0 Å². The van der Waals surface area contributed by atoms with Crippen molar-refractivity contribution in [3.8, 4) is 0 Å². The number of nitrogens with one attached hydrogen (secondary N) is 1. The molecule has 2 heterocycles. The van der Waals surface area contributed by atoms with Crippen molar-refractivity contribution in [3.05, 3.63) is 59.1 Å². The maximum Gasteiger partial charge on any atom is 0.226 e. The zero-order valence-electron chi connectivity index (χ0n) is 14.9. The molecule has 2 atom stereocenters. The molecule has 1 aliphatic carbocycles. The van der Waals surface area contributed by atoms with Crippen LogP contribution in [-0.4, -0.2) is 40.9 Å². The average molecular weight is 371 g/mol. The average Bonchev–Trinajstić information content (AvgIpc) is 3.37. The summed E-state index contributed by atoms with van der Waals surface area (Å²) in [5, 5.41) is 4.07. The van der Waals surface area contributed by atoms with Crippen LogP contribution in [0.3, 0.4) is 0 Å². The van der Waals surface area contributed by atoms with Gasteiger partial charge in [-0.2, -0.15) is 0 Å². The highest BCUT2D eigenvalue weighted by molar-refractivity contribution is 6.30. The van der Waals surface area contributed by atoms with Gasteiger partial charge in [0.15, 0.2) is 0 Å². The zero-order chi connectivity index (χ0) is 18.1. The molecule has 1 aliphatic heterocycles. The fourth-order valence-corrected chi connectivity index (χ4v) is 4.36. The fourth-order valence-electron chi connectivity index (χ4n) is 4.24. The van der Waals surface area contributed by atoms with Gasteiger partial charge in [-0.1, -0.05) is 23.7 Å². The van der Waals surface area contributed by atoms with Gasteiger partial charge in [-0.05, 0) is 55.5 Å². The second-order valence-corrected chi connectivity index (χ2v) is 7.84. The molecule has 1 saturated heterocycles. The quantitative estimate of drug-likeness (QED) is 0.898. The molecule has 0 radical (unpaired) electrons. The Morgan fingerprint density at radius 2 is 2.00 bits per heavy atom. The lowest BCUT2D eigenvalue weighted by Crippen LogP contribution is -2.37. The molecule has 1 N–H and O–H groups in total. The van der Waals surface area contributed by atoms with E-state index in [0.29, 0.717) is 5.02 Å². The minimum Gasteiger partial charge on any atom is -0.333 e. The molecule has 4 rings (SSSR count). The van der Waals surface area contributed by atoms with Crippen LogP contribution in [-0.2, 0) is 4.79 Å². The summed E-state index contributed by atoms with van der Waals surface area (Å²) < 4.78 is 0. The van der Waals surface area contributed by atoms with E-state index >= 15 is 0 Å². The van der Waals surface area contributed by atoms with Crippen LogP contribution in [0.5, 0.6) is 0 Å². The number of hydrogen-bond donors (Lipinski definition) is 1. The monoisotopic (exact) mass is 370 g/mol. The van der Waals surface area contributed by atoms with E-state index < -0.39 is 0 Å². The largest absolute Gasteiger partial charge is 0.333 e. The second kappa shape index (κ2) is 6.97. The van der Waals surface area contributed by atoms with Crippen molar-refractivity contribution < 1.29 is 4.79 Å². The van der Waals surface area contributed by atoms with Gasteiger partial charge in [0.05, 0.1) is 11.9 Å². The molecule has 26 heavy (non-hydrogen) atoms. The first-order valence-corrected chi connectivity index (χ1v) is 9.47. The van der Waals surface area contributed by atoms with Gasteiger partial charge in [0.25, 0.3) is 0 Å². The number of aromatic nitrogens is 2. The van der Waals surface area contributed by atoms with Crippen molar-refractivity contribution in [1.29, 1.82) is 0 Å². The van der Waals surface area contributed by atoms with Crippen LogP contribution < -0.4 is 5.32 Å². The maximum absolute atomic E-state index is 13.3. The van der Waals surface area contributed by atoms with Crippen molar-refractivity contribution in [2.75, 3.05) is 20.1 Å². The minimum absolute atomic E-state index is 0.126. The summed E-state index contributed by atoms with van der Waals surface area (Å²) >= 11 is 6.05. The SMILES string of the molecule is CN(C(=O)C1CC12CCNCC2)C(c1ccc(Cl)cc1)c1cnccn1. The predicted octanol–water partition coefficient (Wildman–Crippen LogP) is 3.07. The third-order valence-corrected chi connectivity index (χ3v) is 6.12. The Balaban J connectivity index is 1.61. The Kier molecular flexibility index (Phi) is 4.67. The smallest absolute Gasteiger partial charge is 0.226 e. The molecule has 136 valence electrons. The highest BCUT2D eigenvalue weighted by Crippen LogP contribution is 2.59. The Hall–Kier alpha value is -1.98. The first kappa shape index (κ1) is 17.4. The predicted molar refractivity (Wildman–Crippen MR) is 101 cm³/mol. The second-order valence-electron chi connectivity index (χ2n) is 7.40. The molecule has 1 saturated carbocycles. The molecular weight excluding hydrogens is 348 g/mol. The van der Waals surface area contributed by atoms with E-state index in [0.717, 1.165) is 43.6 Å². The molecule has 2 aromatic rings. The third kappa shape index (κ3) is 3.21. The van der Waals surface area contributed by atoms with Crippen molar-refractivity contribution >= 4 is 17.5 Å². The summed E-state index contributed by atoms with van der Waals surface area (Å²) in [4.78, 5) is 23.8. The molecule has 0 bridgehead atoms. The lowest BCUT2D eigenvalue weighted by Gasteiger charge is -2.30. The van der Waals surface area contributed by atoms with E-state index in [4.69, 9.17) is 11.6 Å². The van der Waals surface area contributed by atoms with E-state index in [-0.39, 0.29) is 23.3 Å². The van der Waals surface area contributed by atoms with Crippen molar-refractivity contribution in [2.24, 2.45) is 11.3 Å². The maximum atomic E-state index is 13.3. The first-order valence-electron chi connectivity index (χ1n) is 9.09. The van der Waals surface area contributed by atoms with Crippen LogP contribution in [0.1, 0.15) is 36.6 Å². The summed E-state index contributed by atoms with van der Waals surface area (Å²) in [5.41, 5.74) is 1.97. The van der Waals surface area contributed by atoms with Gasteiger partial charge in [0.1, 0.15) is 6.04 Å². The summed E-state index contributed by atoms with van der Waals surface area (Å²) in [6.45, 7) is 2.02. The number of amides is 1. The van der Waals surface area contributed by atoms with Crippen molar-refractivity contribution in [1.82, 2.24) is 20.2 Å². The topological polar surface area (TPSA) is 58.1 Å². The molecular formula is C20H23ClN4O. The highest BCUT2D eigenvalue weighted by atomic mass is 35.5. The third-order valence-electron chi connectivity index (χ3n) is 5.87. The van der Waals surface area contributed by atoms with Gasteiger partial charge < -0.3 is 10.2 Å². The van der Waals surface area contributed by atoms with E-state index in [9.17, 15) is 4.79 Å². The fraction of sp³-hybridized carbons (Fsp3) is 0.450. The summed E-state index contributed by atoms with van der Waals surface area (Å²) in [5.74, 6) is 0.332. The Morgan fingerprint density at radius 1 is 1.27 bits per heavy atom. The number of carbonyl (C=O) groups is 1. The van der Waals surface area contributed by atoms with Crippen LogP contribution in [0.25, 0.3) is 0 Å². The first-order chi connectivity index (χ1) is 12.6. The van der Waals surface area contributed by atoms with Crippen molar-refractivity contribution in [3.63, 3.8) is 0 Å². The van der Waals surface area contributed by atoms with Crippen LogP contribution in [0, 0.1) is 11.3 Å². The minimum atomic E-state index is -0.257. The Labute approximate surface area is 158 Å². The van der Waals surface area contributed by atoms with E-state index in [2.05, 4.69) is 15.3 Å². The summed E-state index contributed by atoms with van der Waals surface area (Å²) in [6, 6.07) is 7.36. The molecule has 1 aromatic heterocycles. The Morgan fingerprint density at radius 3 is 2.65 bits per heavy atom. The molecule has 1 amide bonds. The lowest BCUT2D eigenvalue weighted by molar-refractivity contribution is -0.133.